The molecular weight excluding hydrogens is 304 g/mol. The van der Waals surface area contributed by atoms with Gasteiger partial charge >= 0.3 is 5.97 Å². The largest absolute Gasteiger partial charge is 0.462 e. The van der Waals surface area contributed by atoms with E-state index < -0.39 is 20.6 Å². The quantitative estimate of drug-likeness (QED) is 0.836. The molecule has 1 saturated carbocycles. The van der Waals surface area contributed by atoms with Crippen molar-refractivity contribution < 1.29 is 23.1 Å². The molecule has 0 amide bonds. The third-order valence-corrected chi connectivity index (χ3v) is 6.89. The zero-order valence-corrected chi connectivity index (χ0v) is 13.8. The molecule has 0 unspecified atom stereocenters. The summed E-state index contributed by atoms with van der Waals surface area (Å²) in [6, 6.07) is 4.92. The van der Waals surface area contributed by atoms with Gasteiger partial charge in [0.25, 0.3) is 0 Å². The van der Waals surface area contributed by atoms with E-state index in [0.29, 0.717) is 12.8 Å². The maximum absolute atomic E-state index is 13.1. The molecule has 122 valence electrons. The van der Waals surface area contributed by atoms with Crippen LogP contribution in [0, 0.1) is 13.8 Å². The first kappa shape index (κ1) is 17.0. The van der Waals surface area contributed by atoms with E-state index in [1.807, 2.05) is 13.8 Å². The summed E-state index contributed by atoms with van der Waals surface area (Å²) >= 11 is 0. The number of ether oxygens (including phenoxy) is 1. The molecule has 1 aromatic rings. The molecule has 6 heteroatoms. The molecule has 1 aliphatic carbocycles. The number of carbonyl (C=O) groups excluding carboxylic acids is 1. The molecule has 0 heterocycles. The minimum Gasteiger partial charge on any atom is -0.462 e. The lowest BCUT2D eigenvalue weighted by Crippen LogP contribution is -2.45. The topological polar surface area (TPSA) is 80.7 Å². The van der Waals surface area contributed by atoms with E-state index in [1.165, 1.54) is 0 Å². The Morgan fingerprint density at radius 2 is 1.86 bits per heavy atom. The van der Waals surface area contributed by atoms with Crippen molar-refractivity contribution in [3.05, 3.63) is 29.3 Å². The summed E-state index contributed by atoms with van der Waals surface area (Å²) in [5.41, 5.74) is 1.88. The molecule has 2 rings (SSSR count). The Kier molecular flexibility index (Phi) is 4.92. The van der Waals surface area contributed by atoms with Gasteiger partial charge in [-0.2, -0.15) is 0 Å². The number of esters is 1. The monoisotopic (exact) mass is 326 g/mol. The van der Waals surface area contributed by atoms with Crippen LogP contribution in [0.15, 0.2) is 23.1 Å². The van der Waals surface area contributed by atoms with Crippen molar-refractivity contribution in [2.75, 3.05) is 13.2 Å². The van der Waals surface area contributed by atoms with Crippen molar-refractivity contribution in [2.45, 2.75) is 49.2 Å². The smallest absolute Gasteiger partial charge is 0.327 e. The van der Waals surface area contributed by atoms with Crippen LogP contribution in [0.1, 0.15) is 36.8 Å². The zero-order chi connectivity index (χ0) is 16.4. The van der Waals surface area contributed by atoms with Crippen LogP contribution in [0.2, 0.25) is 0 Å². The number of aliphatic hydroxyl groups excluding tert-OH is 1. The number of aryl methyl sites for hydroxylation is 2. The third-order valence-electron chi connectivity index (χ3n) is 4.41. The van der Waals surface area contributed by atoms with Gasteiger partial charge in [-0.25, -0.2) is 8.42 Å². The molecule has 1 N–H and O–H groups in total. The maximum atomic E-state index is 13.1. The van der Waals surface area contributed by atoms with Crippen LogP contribution < -0.4 is 0 Å². The molecule has 22 heavy (non-hydrogen) atoms. The van der Waals surface area contributed by atoms with Crippen molar-refractivity contribution >= 4 is 15.8 Å². The minimum atomic E-state index is -3.83. The van der Waals surface area contributed by atoms with Crippen molar-refractivity contribution in [2.24, 2.45) is 0 Å². The number of benzene rings is 1. The summed E-state index contributed by atoms with van der Waals surface area (Å²) < 4.78 is 29.6. The second kappa shape index (κ2) is 6.38. The van der Waals surface area contributed by atoms with Crippen molar-refractivity contribution in [1.82, 2.24) is 0 Å². The number of hydrogen-bond acceptors (Lipinski definition) is 5. The first-order valence-corrected chi connectivity index (χ1v) is 8.93. The van der Waals surface area contributed by atoms with Gasteiger partial charge in [-0.1, -0.05) is 18.9 Å². The fraction of sp³-hybridized carbons (Fsp3) is 0.562. The first-order chi connectivity index (χ1) is 10.3. The second-order valence-corrected chi connectivity index (χ2v) is 8.07. The van der Waals surface area contributed by atoms with Crippen LogP contribution in [-0.4, -0.2) is 37.5 Å². The van der Waals surface area contributed by atoms with E-state index in [0.717, 1.165) is 11.1 Å². The molecule has 0 aliphatic heterocycles. The Morgan fingerprint density at radius 3 is 2.41 bits per heavy atom. The molecule has 0 saturated heterocycles. The second-order valence-electron chi connectivity index (χ2n) is 5.81. The molecule has 0 aromatic heterocycles. The zero-order valence-electron chi connectivity index (χ0n) is 13.0. The van der Waals surface area contributed by atoms with Crippen LogP contribution in [-0.2, 0) is 19.4 Å². The van der Waals surface area contributed by atoms with Crippen LogP contribution in [0.5, 0.6) is 0 Å². The SMILES string of the molecule is Cc1ccc(S(=O)(=O)C2(C(=O)OCCO)CCCC2)cc1C. The molecule has 1 aromatic carbocycles. The first-order valence-electron chi connectivity index (χ1n) is 7.45. The Labute approximate surface area is 131 Å². The predicted octanol–water partition coefficient (Wildman–Crippen LogP) is 1.93. The molecule has 0 radical (unpaired) electrons. The van der Waals surface area contributed by atoms with E-state index in [-0.39, 0.29) is 31.0 Å². The van der Waals surface area contributed by atoms with Crippen molar-refractivity contribution in [3.63, 3.8) is 0 Å². The molecule has 0 bridgehead atoms. The highest BCUT2D eigenvalue weighted by molar-refractivity contribution is 7.93. The lowest BCUT2D eigenvalue weighted by molar-refractivity contribution is -0.147. The molecule has 1 aliphatic rings. The van der Waals surface area contributed by atoms with Crippen molar-refractivity contribution in [3.8, 4) is 0 Å². The summed E-state index contributed by atoms with van der Waals surface area (Å²) in [4.78, 5) is 12.6. The molecule has 5 nitrogen and oxygen atoms in total. The van der Waals surface area contributed by atoms with Gasteiger partial charge in [-0.15, -0.1) is 0 Å². The number of carbonyl (C=O) groups is 1. The average Bonchev–Trinajstić information content (AvgIpc) is 2.98. The Bertz CT molecular complexity index is 657. The highest BCUT2D eigenvalue weighted by atomic mass is 32.2. The molecular formula is C16H22O5S. The Morgan fingerprint density at radius 1 is 1.23 bits per heavy atom. The fourth-order valence-electron chi connectivity index (χ4n) is 2.91. The minimum absolute atomic E-state index is 0.165. The lowest BCUT2D eigenvalue weighted by Gasteiger charge is -2.26. The van der Waals surface area contributed by atoms with Crippen molar-refractivity contribution in [1.29, 1.82) is 0 Å². The van der Waals surface area contributed by atoms with Gasteiger partial charge in [0.1, 0.15) is 6.61 Å². The van der Waals surface area contributed by atoms with E-state index in [4.69, 9.17) is 9.84 Å². The van der Waals surface area contributed by atoms with Gasteiger partial charge in [0.15, 0.2) is 14.6 Å². The van der Waals surface area contributed by atoms with Gasteiger partial charge in [0.05, 0.1) is 11.5 Å². The maximum Gasteiger partial charge on any atom is 0.327 e. The molecule has 1 fully saturated rings. The highest BCUT2D eigenvalue weighted by Crippen LogP contribution is 2.41. The fourth-order valence-corrected chi connectivity index (χ4v) is 5.04. The van der Waals surface area contributed by atoms with Gasteiger partial charge in [-0.3, -0.25) is 4.79 Å². The predicted molar refractivity (Wildman–Crippen MR) is 82.3 cm³/mol. The normalized spacial score (nSPS) is 17.4. The third kappa shape index (κ3) is 2.77. The average molecular weight is 326 g/mol. The summed E-state index contributed by atoms with van der Waals surface area (Å²) in [6.45, 7) is 3.26. The molecule has 0 spiro atoms. The summed E-state index contributed by atoms with van der Waals surface area (Å²) in [7, 11) is -3.83. The number of rotatable bonds is 5. The highest BCUT2D eigenvalue weighted by Gasteiger charge is 2.54. The van der Waals surface area contributed by atoms with Gasteiger partial charge in [0.2, 0.25) is 0 Å². The number of hydrogen-bond donors (Lipinski definition) is 1. The van der Waals surface area contributed by atoms with Crippen LogP contribution in [0.3, 0.4) is 0 Å². The van der Waals surface area contributed by atoms with Crippen LogP contribution in [0.4, 0.5) is 0 Å². The Hall–Kier alpha value is -1.40. The lowest BCUT2D eigenvalue weighted by atomic mass is 10.1. The summed E-state index contributed by atoms with van der Waals surface area (Å²) in [5, 5.41) is 8.80. The standard InChI is InChI=1S/C16H22O5S/c1-12-5-6-14(11-13(12)2)22(19,20)16(7-3-4-8-16)15(18)21-10-9-17/h5-6,11,17H,3-4,7-10H2,1-2H3. The number of sulfone groups is 1. The van der Waals surface area contributed by atoms with Crippen LogP contribution in [0.25, 0.3) is 0 Å². The van der Waals surface area contributed by atoms with Gasteiger partial charge < -0.3 is 9.84 Å². The van der Waals surface area contributed by atoms with Gasteiger partial charge in [0, 0.05) is 0 Å². The van der Waals surface area contributed by atoms with Gasteiger partial charge in [-0.05, 0) is 49.9 Å². The summed E-state index contributed by atoms with van der Waals surface area (Å²) in [5.74, 6) is -0.739. The number of aliphatic hydroxyl groups is 1. The van der Waals surface area contributed by atoms with E-state index >= 15 is 0 Å². The summed E-state index contributed by atoms with van der Waals surface area (Å²) in [6.07, 6.45) is 1.90. The van der Waals surface area contributed by atoms with E-state index in [1.54, 1.807) is 18.2 Å². The van der Waals surface area contributed by atoms with E-state index in [2.05, 4.69) is 0 Å². The van der Waals surface area contributed by atoms with E-state index in [9.17, 15) is 13.2 Å². The Balaban J connectivity index is 2.46. The van der Waals surface area contributed by atoms with Crippen LogP contribution >= 0.6 is 0 Å². The molecule has 0 atom stereocenters.